The second kappa shape index (κ2) is 5.85. The number of pyridine rings is 1. The van der Waals surface area contributed by atoms with Crippen molar-refractivity contribution < 1.29 is 4.74 Å². The lowest BCUT2D eigenvalue weighted by molar-refractivity contribution is -0.0829. The standard InChI is InChI=1S/C20H22N4O/c1-2-4-15(5-3-1)16-10-18(12-21-11-16)23-19-22-13-20(25-19)14-24-8-6-17(20)7-9-24/h1-5,10-12,17H,6-9,13-14H2,(H,22,23). The SMILES string of the molecule is c1ccc(-c2cncc(NC3=NCC4(CN5CCC4CC5)O3)c2)cc1. The van der Waals surface area contributed by atoms with Crippen molar-refractivity contribution in [1.82, 2.24) is 9.88 Å². The van der Waals surface area contributed by atoms with Crippen LogP contribution in [0.1, 0.15) is 12.8 Å². The first-order valence-electron chi connectivity index (χ1n) is 9.04. The van der Waals surface area contributed by atoms with Crippen molar-refractivity contribution in [1.29, 1.82) is 0 Å². The lowest BCUT2D eigenvalue weighted by Gasteiger charge is -2.50. The third-order valence-electron chi connectivity index (χ3n) is 5.71. The van der Waals surface area contributed by atoms with Crippen molar-refractivity contribution in [2.75, 3.05) is 31.5 Å². The van der Waals surface area contributed by atoms with E-state index in [4.69, 9.17) is 4.74 Å². The molecule has 1 unspecified atom stereocenters. The molecule has 4 aliphatic rings. The van der Waals surface area contributed by atoms with Crippen LogP contribution in [-0.4, -0.2) is 47.7 Å². The topological polar surface area (TPSA) is 49.8 Å². The lowest BCUT2D eigenvalue weighted by Crippen LogP contribution is -2.61. The smallest absolute Gasteiger partial charge is 0.290 e. The summed E-state index contributed by atoms with van der Waals surface area (Å²) in [6.07, 6.45) is 6.16. The third kappa shape index (κ3) is 2.68. The maximum atomic E-state index is 6.34. The molecule has 3 saturated heterocycles. The van der Waals surface area contributed by atoms with Crippen molar-refractivity contribution in [2.24, 2.45) is 10.9 Å². The Hall–Kier alpha value is -2.40. The number of rotatable bonds is 2. The minimum Gasteiger partial charge on any atom is -0.455 e. The fourth-order valence-corrected chi connectivity index (χ4v) is 4.37. The molecule has 1 aromatic heterocycles. The maximum absolute atomic E-state index is 6.34. The number of hydrogen-bond donors (Lipinski definition) is 1. The maximum Gasteiger partial charge on any atom is 0.290 e. The van der Waals surface area contributed by atoms with Gasteiger partial charge in [-0.2, -0.15) is 0 Å². The summed E-state index contributed by atoms with van der Waals surface area (Å²) in [4.78, 5) is 11.5. The van der Waals surface area contributed by atoms with E-state index < -0.39 is 0 Å². The second-order valence-electron chi connectivity index (χ2n) is 7.29. The first kappa shape index (κ1) is 14.9. The molecule has 0 radical (unpaired) electrons. The number of benzene rings is 1. The monoisotopic (exact) mass is 334 g/mol. The highest BCUT2D eigenvalue weighted by Gasteiger charge is 2.51. The van der Waals surface area contributed by atoms with Crippen LogP contribution in [0.25, 0.3) is 11.1 Å². The number of ether oxygens (including phenoxy) is 1. The molecule has 128 valence electrons. The van der Waals surface area contributed by atoms with E-state index in [0.717, 1.165) is 29.9 Å². The number of aliphatic imine (C=N–C) groups is 1. The van der Waals surface area contributed by atoms with Crippen LogP contribution in [0, 0.1) is 5.92 Å². The zero-order valence-corrected chi connectivity index (χ0v) is 14.2. The highest BCUT2D eigenvalue weighted by atomic mass is 16.5. The zero-order chi connectivity index (χ0) is 16.7. The molecule has 3 fully saturated rings. The number of anilines is 1. The number of aromatic nitrogens is 1. The van der Waals surface area contributed by atoms with Crippen LogP contribution in [0.4, 0.5) is 5.69 Å². The van der Waals surface area contributed by atoms with Crippen molar-refractivity contribution in [3.05, 3.63) is 48.8 Å². The Morgan fingerprint density at radius 2 is 1.92 bits per heavy atom. The molecule has 0 saturated carbocycles. The van der Waals surface area contributed by atoms with Gasteiger partial charge in [0.2, 0.25) is 0 Å². The van der Waals surface area contributed by atoms with Crippen molar-refractivity contribution >= 4 is 11.7 Å². The minimum absolute atomic E-state index is 0.108. The average Bonchev–Trinajstić information content (AvgIpc) is 3.05. The van der Waals surface area contributed by atoms with Crippen molar-refractivity contribution in [3.63, 3.8) is 0 Å². The normalized spacial score (nSPS) is 30.2. The Balaban J connectivity index is 1.32. The van der Waals surface area contributed by atoms with Gasteiger partial charge in [-0.25, -0.2) is 4.99 Å². The predicted octanol–water partition coefficient (Wildman–Crippen LogP) is 3.01. The Kier molecular flexibility index (Phi) is 3.48. The van der Waals surface area contributed by atoms with E-state index in [9.17, 15) is 0 Å². The first-order valence-corrected chi connectivity index (χ1v) is 9.04. The van der Waals surface area contributed by atoms with Gasteiger partial charge >= 0.3 is 0 Å². The molecule has 5 heteroatoms. The summed E-state index contributed by atoms with van der Waals surface area (Å²) in [7, 11) is 0. The van der Waals surface area contributed by atoms with E-state index in [1.807, 2.05) is 30.6 Å². The number of nitrogens with one attached hydrogen (secondary N) is 1. The van der Waals surface area contributed by atoms with Crippen LogP contribution in [0.15, 0.2) is 53.8 Å². The van der Waals surface area contributed by atoms with Crippen LogP contribution < -0.4 is 5.32 Å². The van der Waals surface area contributed by atoms with Gasteiger partial charge in [0.1, 0.15) is 5.60 Å². The molecule has 1 spiro atoms. The summed E-state index contributed by atoms with van der Waals surface area (Å²) in [5.41, 5.74) is 3.05. The van der Waals surface area contributed by atoms with Gasteiger partial charge in [0.05, 0.1) is 18.4 Å². The van der Waals surface area contributed by atoms with Gasteiger partial charge in [0.15, 0.2) is 0 Å². The van der Waals surface area contributed by atoms with Crippen LogP contribution in [0.2, 0.25) is 0 Å². The molecule has 25 heavy (non-hydrogen) atoms. The van der Waals surface area contributed by atoms with E-state index in [1.165, 1.54) is 25.9 Å². The average molecular weight is 334 g/mol. The summed E-state index contributed by atoms with van der Waals surface area (Å²) in [5, 5.41) is 3.33. The third-order valence-corrected chi connectivity index (χ3v) is 5.71. The summed E-state index contributed by atoms with van der Waals surface area (Å²) in [6, 6.07) is 13.0. The van der Waals surface area contributed by atoms with Crippen LogP contribution in [0.3, 0.4) is 0 Å². The summed E-state index contributed by atoms with van der Waals surface area (Å²) < 4.78 is 6.34. The van der Waals surface area contributed by atoms with Crippen LogP contribution in [-0.2, 0) is 4.74 Å². The zero-order valence-electron chi connectivity index (χ0n) is 14.2. The number of fused-ring (bicyclic) bond motifs is 2. The quantitative estimate of drug-likeness (QED) is 0.917. The molecule has 2 bridgehead atoms. The van der Waals surface area contributed by atoms with Gasteiger partial charge < -0.3 is 10.1 Å². The Bertz CT molecular complexity index is 798. The number of piperidine rings is 3. The predicted molar refractivity (Wildman–Crippen MR) is 98.6 cm³/mol. The first-order chi connectivity index (χ1) is 12.3. The van der Waals surface area contributed by atoms with Gasteiger partial charge in [-0.3, -0.25) is 9.88 Å². The van der Waals surface area contributed by atoms with E-state index in [-0.39, 0.29) is 5.60 Å². The molecule has 0 aliphatic carbocycles. The molecular formula is C20H22N4O. The van der Waals surface area contributed by atoms with Crippen LogP contribution >= 0.6 is 0 Å². The summed E-state index contributed by atoms with van der Waals surface area (Å²) in [6.45, 7) is 4.19. The highest BCUT2D eigenvalue weighted by molar-refractivity contribution is 5.91. The van der Waals surface area contributed by atoms with Gasteiger partial charge in [-0.15, -0.1) is 0 Å². The van der Waals surface area contributed by atoms with Gasteiger partial charge in [-0.05, 0) is 37.6 Å². The molecule has 2 aromatic rings. The van der Waals surface area contributed by atoms with Gasteiger partial charge in [-0.1, -0.05) is 30.3 Å². The Morgan fingerprint density at radius 3 is 2.68 bits per heavy atom. The van der Waals surface area contributed by atoms with E-state index in [0.29, 0.717) is 11.9 Å². The molecule has 1 aromatic carbocycles. The largest absolute Gasteiger partial charge is 0.455 e. The highest BCUT2D eigenvalue weighted by Crippen LogP contribution is 2.40. The molecular weight excluding hydrogens is 312 g/mol. The van der Waals surface area contributed by atoms with Gasteiger partial charge in [0, 0.05) is 24.2 Å². The molecule has 5 nitrogen and oxygen atoms in total. The Labute approximate surface area is 147 Å². The van der Waals surface area contributed by atoms with Crippen LogP contribution in [0.5, 0.6) is 0 Å². The molecule has 4 aliphatic heterocycles. The van der Waals surface area contributed by atoms with Crippen molar-refractivity contribution in [3.8, 4) is 11.1 Å². The number of nitrogens with zero attached hydrogens (tertiary/aromatic N) is 3. The molecule has 0 amide bonds. The van der Waals surface area contributed by atoms with Crippen molar-refractivity contribution in [2.45, 2.75) is 18.4 Å². The lowest BCUT2D eigenvalue weighted by atomic mass is 9.75. The molecule has 1 atom stereocenters. The molecule has 5 heterocycles. The van der Waals surface area contributed by atoms with E-state index in [2.05, 4.69) is 38.4 Å². The number of amidine groups is 1. The van der Waals surface area contributed by atoms with E-state index >= 15 is 0 Å². The second-order valence-corrected chi connectivity index (χ2v) is 7.29. The molecule has 6 rings (SSSR count). The molecule has 1 N–H and O–H groups in total. The fraction of sp³-hybridized carbons (Fsp3) is 0.400. The Morgan fingerprint density at radius 1 is 1.08 bits per heavy atom. The summed E-state index contributed by atoms with van der Waals surface area (Å²) in [5.74, 6) is 0.634. The number of hydrogen-bond acceptors (Lipinski definition) is 5. The fourth-order valence-electron chi connectivity index (χ4n) is 4.37. The summed E-state index contributed by atoms with van der Waals surface area (Å²) >= 11 is 0. The minimum atomic E-state index is -0.108. The van der Waals surface area contributed by atoms with E-state index in [1.54, 1.807) is 0 Å². The van der Waals surface area contributed by atoms with Gasteiger partial charge in [0.25, 0.3) is 6.02 Å².